The number of rotatable bonds is 4. The average Bonchev–Trinajstić information content (AvgIpc) is 3.38. The molecule has 0 saturated carbocycles. The average molecular weight is 461 g/mol. The first-order chi connectivity index (χ1) is 17.1. The molecule has 2 heterocycles. The predicted molar refractivity (Wildman–Crippen MR) is 135 cm³/mol. The van der Waals surface area contributed by atoms with Crippen LogP contribution in [0, 0.1) is 6.92 Å². The molecule has 6 rings (SSSR count). The predicted octanol–water partition coefficient (Wildman–Crippen LogP) is 5.37. The second-order valence-electron chi connectivity index (χ2n) is 9.01. The molecule has 2 fully saturated rings. The number of hydrogen-bond donors (Lipinski definition) is 0. The summed E-state index contributed by atoms with van der Waals surface area (Å²) in [6, 6.07) is 35.9. The fourth-order valence-corrected chi connectivity index (χ4v) is 5.36. The van der Waals surface area contributed by atoms with Gasteiger partial charge >= 0.3 is 0 Å². The van der Waals surface area contributed by atoms with Gasteiger partial charge in [-0.15, -0.1) is 0 Å². The quantitative estimate of drug-likeness (QED) is 0.384. The monoisotopic (exact) mass is 460 g/mol. The minimum Gasteiger partial charge on any atom is -0.273 e. The summed E-state index contributed by atoms with van der Waals surface area (Å²) in [6.07, 6.45) is -1.01. The maximum Gasteiger partial charge on any atom is 0.267 e. The van der Waals surface area contributed by atoms with Gasteiger partial charge in [-0.3, -0.25) is 14.4 Å². The van der Waals surface area contributed by atoms with Gasteiger partial charge in [0, 0.05) is 0 Å². The van der Waals surface area contributed by atoms with Crippen LogP contribution in [0.25, 0.3) is 0 Å². The highest BCUT2D eigenvalue weighted by molar-refractivity contribution is 6.28. The first-order valence-corrected chi connectivity index (χ1v) is 11.7. The van der Waals surface area contributed by atoms with Gasteiger partial charge in [0.25, 0.3) is 5.91 Å². The van der Waals surface area contributed by atoms with Crippen molar-refractivity contribution in [1.29, 1.82) is 0 Å². The third-order valence-electron chi connectivity index (χ3n) is 6.97. The van der Waals surface area contributed by atoms with E-state index in [0.29, 0.717) is 5.69 Å². The van der Waals surface area contributed by atoms with Crippen molar-refractivity contribution in [3.8, 4) is 0 Å². The van der Waals surface area contributed by atoms with Crippen molar-refractivity contribution in [2.24, 2.45) is 0 Å². The van der Waals surface area contributed by atoms with Gasteiger partial charge in [0.05, 0.1) is 11.4 Å². The van der Waals surface area contributed by atoms with Crippen LogP contribution < -0.4 is 9.96 Å². The molecule has 0 aliphatic carbocycles. The van der Waals surface area contributed by atoms with Gasteiger partial charge in [0.15, 0.2) is 6.10 Å². The molecule has 3 atom stereocenters. The van der Waals surface area contributed by atoms with E-state index in [1.54, 1.807) is 5.06 Å². The van der Waals surface area contributed by atoms with Crippen molar-refractivity contribution >= 4 is 23.2 Å². The Kier molecular flexibility index (Phi) is 5.01. The summed E-state index contributed by atoms with van der Waals surface area (Å²) in [6.45, 7) is 1.98. The third kappa shape index (κ3) is 3.12. The lowest BCUT2D eigenvalue weighted by atomic mass is 9.69. The van der Waals surface area contributed by atoms with Crippen LogP contribution in [-0.4, -0.2) is 17.9 Å². The Morgan fingerprint density at radius 3 is 1.89 bits per heavy atom. The van der Waals surface area contributed by atoms with Crippen LogP contribution in [-0.2, 0) is 19.8 Å². The summed E-state index contributed by atoms with van der Waals surface area (Å²) < 4.78 is 0. The number of imide groups is 1. The maximum absolute atomic E-state index is 14.6. The maximum atomic E-state index is 14.6. The molecular weight excluding hydrogens is 436 g/mol. The Balaban J connectivity index is 1.61. The Morgan fingerprint density at radius 2 is 1.26 bits per heavy atom. The van der Waals surface area contributed by atoms with Crippen molar-refractivity contribution in [3.63, 3.8) is 0 Å². The number of carbonyl (C=O) groups is 2. The number of hydroxylamine groups is 1. The molecule has 4 aromatic carbocycles. The lowest BCUT2D eigenvalue weighted by Crippen LogP contribution is -2.46. The molecule has 172 valence electrons. The van der Waals surface area contributed by atoms with Gasteiger partial charge in [-0.1, -0.05) is 96.6 Å². The molecule has 2 aliphatic rings. The number of nitrogens with zero attached hydrogens (tertiary/aromatic N) is 2. The lowest BCUT2D eigenvalue weighted by molar-refractivity contribution is -0.126. The Bertz CT molecular complexity index is 1370. The second-order valence-corrected chi connectivity index (χ2v) is 9.01. The van der Waals surface area contributed by atoms with E-state index < -0.39 is 17.6 Å². The van der Waals surface area contributed by atoms with Crippen LogP contribution in [0.15, 0.2) is 115 Å². The van der Waals surface area contributed by atoms with Crippen molar-refractivity contribution in [1.82, 2.24) is 0 Å². The highest BCUT2D eigenvalue weighted by atomic mass is 16.7. The van der Waals surface area contributed by atoms with Gasteiger partial charge < -0.3 is 0 Å². The molecule has 2 aliphatic heterocycles. The van der Waals surface area contributed by atoms with Crippen LogP contribution in [0.3, 0.4) is 0 Å². The van der Waals surface area contributed by atoms with Crippen LogP contribution in [0.4, 0.5) is 11.4 Å². The van der Waals surface area contributed by atoms with Gasteiger partial charge in [0.1, 0.15) is 11.5 Å². The van der Waals surface area contributed by atoms with Crippen molar-refractivity contribution < 1.29 is 14.4 Å². The smallest absolute Gasteiger partial charge is 0.267 e. The number of hydrogen-bond acceptors (Lipinski definition) is 4. The Morgan fingerprint density at radius 1 is 0.686 bits per heavy atom. The molecule has 0 radical (unpaired) electrons. The zero-order valence-electron chi connectivity index (χ0n) is 19.2. The summed E-state index contributed by atoms with van der Waals surface area (Å²) in [5.74, 6) is -0.642. The van der Waals surface area contributed by atoms with Crippen LogP contribution in [0.5, 0.6) is 0 Å². The lowest BCUT2D eigenvalue weighted by Gasteiger charge is -2.35. The number of aryl methyl sites for hydroxylation is 1. The number of carbonyl (C=O) groups excluding carboxylic acids is 2. The molecule has 0 spiro atoms. The molecule has 2 saturated heterocycles. The van der Waals surface area contributed by atoms with E-state index in [4.69, 9.17) is 4.84 Å². The van der Waals surface area contributed by atoms with Gasteiger partial charge in [-0.25, -0.2) is 9.96 Å². The Hall–Kier alpha value is -4.22. The molecular formula is C30H24N2O3. The van der Waals surface area contributed by atoms with E-state index in [1.165, 1.54) is 4.90 Å². The zero-order valence-corrected chi connectivity index (χ0v) is 19.2. The number of fused-ring (bicyclic) bond motifs is 1. The van der Waals surface area contributed by atoms with Crippen LogP contribution >= 0.6 is 0 Å². The summed E-state index contributed by atoms with van der Waals surface area (Å²) in [5, 5.41) is 1.75. The summed E-state index contributed by atoms with van der Waals surface area (Å²) >= 11 is 0. The van der Waals surface area contributed by atoms with Gasteiger partial charge in [-0.05, 0) is 42.3 Å². The van der Waals surface area contributed by atoms with E-state index in [-0.39, 0.29) is 11.8 Å². The molecule has 0 bridgehead atoms. The second kappa shape index (κ2) is 8.22. The topological polar surface area (TPSA) is 49.9 Å². The third-order valence-corrected chi connectivity index (χ3v) is 6.97. The molecule has 35 heavy (non-hydrogen) atoms. The first kappa shape index (κ1) is 21.3. The highest BCUT2D eigenvalue weighted by Gasteiger charge is 2.72. The summed E-state index contributed by atoms with van der Waals surface area (Å²) in [4.78, 5) is 36.3. The minimum atomic E-state index is -1.26. The molecule has 5 nitrogen and oxygen atoms in total. The molecule has 4 aromatic rings. The molecule has 2 amide bonds. The number of anilines is 2. The van der Waals surface area contributed by atoms with Crippen LogP contribution in [0.2, 0.25) is 0 Å². The van der Waals surface area contributed by atoms with Gasteiger partial charge in [0.2, 0.25) is 5.91 Å². The minimum absolute atomic E-state index is 0.283. The SMILES string of the molecule is Cc1ccc(N2C(=O)C3ON(c4ccccc4)C(c4ccccc4)C3(c3ccccc3)C2=O)cc1. The van der Waals surface area contributed by atoms with Crippen molar-refractivity contribution in [2.45, 2.75) is 24.5 Å². The molecule has 0 N–H and O–H groups in total. The molecule has 3 unspecified atom stereocenters. The molecule has 0 aromatic heterocycles. The van der Waals surface area contributed by atoms with Gasteiger partial charge in [-0.2, -0.15) is 0 Å². The highest BCUT2D eigenvalue weighted by Crippen LogP contribution is 2.57. The number of para-hydroxylation sites is 1. The normalized spacial score (nSPS) is 23.6. The number of benzene rings is 4. The van der Waals surface area contributed by atoms with Crippen molar-refractivity contribution in [3.05, 3.63) is 132 Å². The number of amides is 2. The largest absolute Gasteiger partial charge is 0.273 e. The van der Waals surface area contributed by atoms with E-state index in [0.717, 1.165) is 22.4 Å². The van der Waals surface area contributed by atoms with Crippen LogP contribution in [0.1, 0.15) is 22.7 Å². The Labute approximate surface area is 204 Å². The van der Waals surface area contributed by atoms with E-state index >= 15 is 0 Å². The fraction of sp³-hybridized carbons (Fsp3) is 0.133. The fourth-order valence-electron chi connectivity index (χ4n) is 5.36. The summed E-state index contributed by atoms with van der Waals surface area (Å²) in [7, 11) is 0. The van der Waals surface area contributed by atoms with E-state index in [9.17, 15) is 9.59 Å². The van der Waals surface area contributed by atoms with E-state index in [2.05, 4.69) is 0 Å². The standard InChI is InChI=1S/C30H24N2O3/c1-21-17-19-24(20-18-21)31-28(33)27-30(29(31)34,23-13-7-3-8-14-23)26(22-11-5-2-6-12-22)32(35-27)25-15-9-4-10-16-25/h2-20,26-27H,1H3. The zero-order chi connectivity index (χ0) is 24.0. The summed E-state index contributed by atoms with van der Waals surface area (Å²) in [5.41, 5.74) is 2.78. The van der Waals surface area contributed by atoms with Crippen molar-refractivity contribution in [2.75, 3.05) is 9.96 Å². The first-order valence-electron chi connectivity index (χ1n) is 11.7. The van der Waals surface area contributed by atoms with E-state index in [1.807, 2.05) is 122 Å². The molecule has 5 heteroatoms.